The van der Waals surface area contributed by atoms with Crippen molar-refractivity contribution in [1.82, 2.24) is 0 Å². The summed E-state index contributed by atoms with van der Waals surface area (Å²) in [5.41, 5.74) is 0.760. The topological polar surface area (TPSA) is 150 Å². The lowest BCUT2D eigenvalue weighted by Crippen LogP contribution is -2.64. The monoisotopic (exact) mass is 544 g/mol. The van der Waals surface area contributed by atoms with Gasteiger partial charge in [-0.1, -0.05) is 42.5 Å². The van der Waals surface area contributed by atoms with Crippen molar-refractivity contribution >= 4 is 29.8 Å². The molecule has 3 rings (SSSR count). The zero-order valence-electron chi connectivity index (χ0n) is 21.7. The fraction of sp³-hybridized carbons (Fsp3) is 0.370. The van der Waals surface area contributed by atoms with Crippen LogP contribution in [0.4, 0.5) is 0 Å². The number of benzene rings is 2. The minimum Gasteiger partial charge on any atom is -0.467 e. The highest BCUT2D eigenvalue weighted by molar-refractivity contribution is 5.92. The third-order valence-corrected chi connectivity index (χ3v) is 5.40. The van der Waals surface area contributed by atoms with Gasteiger partial charge in [0.1, 0.15) is 17.9 Å². The fourth-order valence-corrected chi connectivity index (χ4v) is 3.84. The Morgan fingerprint density at radius 3 is 1.92 bits per heavy atom. The molecule has 0 amide bonds. The molecule has 0 radical (unpaired) electrons. The van der Waals surface area contributed by atoms with E-state index in [1.165, 1.54) is 12.1 Å². The lowest BCUT2D eigenvalue weighted by atomic mass is 9.97. The normalized spacial score (nSPS) is 22.1. The molecular formula is C27H28O12. The van der Waals surface area contributed by atoms with Crippen molar-refractivity contribution in [3.63, 3.8) is 0 Å². The summed E-state index contributed by atoms with van der Waals surface area (Å²) in [6.45, 7) is 3.23. The molecule has 12 nitrogen and oxygen atoms in total. The Hall–Kier alpha value is -4.45. The molecule has 0 saturated carbocycles. The molecule has 1 fully saturated rings. The van der Waals surface area contributed by atoms with Gasteiger partial charge in [0.2, 0.25) is 12.4 Å². The molecule has 1 aliphatic rings. The molecule has 0 aromatic heterocycles. The Kier molecular flexibility index (Phi) is 9.98. The first kappa shape index (κ1) is 29.1. The van der Waals surface area contributed by atoms with Crippen LogP contribution in [-0.2, 0) is 54.2 Å². The second-order valence-electron chi connectivity index (χ2n) is 8.35. The number of rotatable bonds is 9. The van der Waals surface area contributed by atoms with Crippen LogP contribution in [0.2, 0.25) is 0 Å². The van der Waals surface area contributed by atoms with Gasteiger partial charge in [-0.3, -0.25) is 14.4 Å². The SMILES string of the molecule is COC(=O)C1O[C@H](Oc2ccccc2C(=O)OCc2ccccc2)[C@H](OC(C)=O)[C@H](OC(C)=O)[C@H]1OC(C)=O. The van der Waals surface area contributed by atoms with Gasteiger partial charge in [-0.05, 0) is 17.7 Å². The quantitative estimate of drug-likeness (QED) is 0.336. The maximum absolute atomic E-state index is 12.9. The van der Waals surface area contributed by atoms with Crippen molar-refractivity contribution in [2.45, 2.75) is 58.1 Å². The summed E-state index contributed by atoms with van der Waals surface area (Å²) in [5, 5.41) is 0. The van der Waals surface area contributed by atoms with Crippen LogP contribution < -0.4 is 4.74 Å². The summed E-state index contributed by atoms with van der Waals surface area (Å²) >= 11 is 0. The molecule has 1 heterocycles. The highest BCUT2D eigenvalue weighted by Gasteiger charge is 2.56. The summed E-state index contributed by atoms with van der Waals surface area (Å²) in [4.78, 5) is 61.3. The molecule has 0 aliphatic carbocycles. The Morgan fingerprint density at radius 2 is 1.31 bits per heavy atom. The number of hydrogen-bond acceptors (Lipinski definition) is 12. The van der Waals surface area contributed by atoms with E-state index in [1.807, 2.05) is 6.07 Å². The molecule has 1 aliphatic heterocycles. The third kappa shape index (κ3) is 7.77. The lowest BCUT2D eigenvalue weighted by molar-refractivity contribution is -0.282. The van der Waals surface area contributed by atoms with Crippen LogP contribution in [0.1, 0.15) is 36.7 Å². The number of carbonyl (C=O) groups excluding carboxylic acids is 5. The smallest absolute Gasteiger partial charge is 0.342 e. The minimum atomic E-state index is -1.64. The number of carbonyl (C=O) groups is 5. The van der Waals surface area contributed by atoms with Gasteiger partial charge in [0.25, 0.3) is 0 Å². The lowest BCUT2D eigenvalue weighted by Gasteiger charge is -2.43. The van der Waals surface area contributed by atoms with Crippen molar-refractivity contribution in [1.29, 1.82) is 0 Å². The Labute approximate surface area is 224 Å². The maximum Gasteiger partial charge on any atom is 0.342 e. The van der Waals surface area contributed by atoms with Crippen LogP contribution in [0, 0.1) is 0 Å². The molecule has 2 aromatic carbocycles. The Bertz CT molecular complexity index is 1190. The first-order valence-corrected chi connectivity index (χ1v) is 11.8. The average molecular weight is 545 g/mol. The Balaban J connectivity index is 1.96. The molecule has 208 valence electrons. The van der Waals surface area contributed by atoms with Crippen LogP contribution >= 0.6 is 0 Å². The molecule has 0 bridgehead atoms. The van der Waals surface area contributed by atoms with E-state index in [4.69, 9.17) is 33.2 Å². The number of esters is 5. The van der Waals surface area contributed by atoms with Crippen LogP contribution in [0.25, 0.3) is 0 Å². The van der Waals surface area contributed by atoms with Gasteiger partial charge < -0.3 is 33.2 Å². The van der Waals surface area contributed by atoms with Crippen molar-refractivity contribution in [3.8, 4) is 5.75 Å². The van der Waals surface area contributed by atoms with Crippen LogP contribution in [0.15, 0.2) is 54.6 Å². The van der Waals surface area contributed by atoms with Crippen LogP contribution in [-0.4, -0.2) is 67.7 Å². The van der Waals surface area contributed by atoms with E-state index in [0.29, 0.717) is 0 Å². The molecular weight excluding hydrogens is 516 g/mol. The first-order chi connectivity index (χ1) is 18.6. The molecule has 39 heavy (non-hydrogen) atoms. The second kappa shape index (κ2) is 13.4. The van der Waals surface area contributed by atoms with Crippen molar-refractivity contribution in [2.75, 3.05) is 7.11 Å². The molecule has 2 aromatic rings. The molecule has 0 spiro atoms. The second-order valence-corrected chi connectivity index (χ2v) is 8.35. The summed E-state index contributed by atoms with van der Waals surface area (Å²) in [6.07, 6.45) is -7.86. The predicted octanol–water partition coefficient (Wildman–Crippen LogP) is 2.12. The first-order valence-electron chi connectivity index (χ1n) is 11.8. The molecule has 5 atom stereocenters. The van der Waals surface area contributed by atoms with E-state index in [2.05, 4.69) is 0 Å². The number of hydrogen-bond donors (Lipinski definition) is 0. The minimum absolute atomic E-state index is 0.000583. The van der Waals surface area contributed by atoms with E-state index in [1.54, 1.807) is 36.4 Å². The summed E-state index contributed by atoms with van der Waals surface area (Å²) < 4.78 is 37.7. The third-order valence-electron chi connectivity index (χ3n) is 5.40. The van der Waals surface area contributed by atoms with Gasteiger partial charge in [-0.25, -0.2) is 9.59 Å². The molecule has 1 saturated heterocycles. The fourth-order valence-electron chi connectivity index (χ4n) is 3.84. The highest BCUT2D eigenvalue weighted by atomic mass is 16.7. The zero-order valence-corrected chi connectivity index (χ0v) is 21.7. The summed E-state index contributed by atoms with van der Waals surface area (Å²) in [6, 6.07) is 15.0. The van der Waals surface area contributed by atoms with Gasteiger partial charge in [0, 0.05) is 20.8 Å². The molecule has 0 N–H and O–H groups in total. The van der Waals surface area contributed by atoms with E-state index >= 15 is 0 Å². The van der Waals surface area contributed by atoms with Gasteiger partial charge in [-0.15, -0.1) is 0 Å². The van der Waals surface area contributed by atoms with Gasteiger partial charge in [0.15, 0.2) is 18.3 Å². The summed E-state index contributed by atoms with van der Waals surface area (Å²) in [5.74, 6) is -4.24. The predicted molar refractivity (Wildman–Crippen MR) is 130 cm³/mol. The number of para-hydroxylation sites is 1. The van der Waals surface area contributed by atoms with Gasteiger partial charge >= 0.3 is 29.8 Å². The molecule has 1 unspecified atom stereocenters. The van der Waals surface area contributed by atoms with Gasteiger partial charge in [-0.2, -0.15) is 0 Å². The van der Waals surface area contributed by atoms with Crippen molar-refractivity contribution in [2.24, 2.45) is 0 Å². The van der Waals surface area contributed by atoms with Gasteiger partial charge in [0.05, 0.1) is 7.11 Å². The number of methoxy groups -OCH3 is 1. The van der Waals surface area contributed by atoms with E-state index in [9.17, 15) is 24.0 Å². The zero-order chi connectivity index (χ0) is 28.5. The maximum atomic E-state index is 12.9. The standard InChI is InChI=1S/C27H28O12/c1-15(28)35-21-22(36-16(2)29)24(37-17(3)30)27(39-23(21)26(32)33-4)38-20-13-9-8-12-19(20)25(31)34-14-18-10-6-5-7-11-18/h5-13,21-24,27H,14H2,1-4H3/t21-,22-,23?,24-,27+/m1/s1. The Morgan fingerprint density at radius 1 is 0.744 bits per heavy atom. The van der Waals surface area contributed by atoms with E-state index in [0.717, 1.165) is 33.4 Å². The van der Waals surface area contributed by atoms with E-state index < -0.39 is 60.6 Å². The van der Waals surface area contributed by atoms with Crippen LogP contribution in [0.5, 0.6) is 5.75 Å². The number of ether oxygens (including phenoxy) is 7. The highest BCUT2D eigenvalue weighted by Crippen LogP contribution is 2.32. The average Bonchev–Trinajstić information content (AvgIpc) is 2.90. The van der Waals surface area contributed by atoms with Crippen molar-refractivity contribution < 1.29 is 57.1 Å². The largest absolute Gasteiger partial charge is 0.467 e. The van der Waals surface area contributed by atoms with Crippen LogP contribution in [0.3, 0.4) is 0 Å². The summed E-state index contributed by atoms with van der Waals surface area (Å²) in [7, 11) is 1.07. The molecule has 12 heteroatoms. The van der Waals surface area contributed by atoms with Crippen molar-refractivity contribution in [3.05, 3.63) is 65.7 Å². The van der Waals surface area contributed by atoms with E-state index in [-0.39, 0.29) is 17.9 Å².